The number of hydrogen-bond acceptors (Lipinski definition) is 1. The van der Waals surface area contributed by atoms with Gasteiger partial charge in [0, 0.05) is 28.2 Å². The fourth-order valence-electron chi connectivity index (χ4n) is 0.400. The van der Waals surface area contributed by atoms with E-state index in [9.17, 15) is 4.79 Å². The minimum Gasteiger partial charge on any atom is -0.331 e. The van der Waals surface area contributed by atoms with Crippen molar-refractivity contribution >= 4 is 18.4 Å². The Morgan fingerprint density at radius 2 is 1.22 bits per heavy atom. The number of amides is 2. The number of hydrogen-bond donors (Lipinski definition) is 0. The molecule has 0 atom stereocenters. The molecule has 2 amide bonds. The molecule has 0 aromatic rings. The quantitative estimate of drug-likeness (QED) is 0.500. The number of halogens is 1. The van der Waals surface area contributed by atoms with Crippen molar-refractivity contribution in [3.8, 4) is 0 Å². The highest BCUT2D eigenvalue weighted by atomic mass is 35.5. The lowest BCUT2D eigenvalue weighted by molar-refractivity contribution is 0.191. The van der Waals surface area contributed by atoms with E-state index in [1.165, 1.54) is 9.80 Å². The normalized spacial score (nSPS) is 7.56. The predicted molar refractivity (Wildman–Crippen MR) is 40.0 cm³/mol. The molecule has 3 nitrogen and oxygen atoms in total. The van der Waals surface area contributed by atoms with Crippen LogP contribution in [0.1, 0.15) is 0 Å². The van der Waals surface area contributed by atoms with Gasteiger partial charge in [-0.25, -0.2) is 4.79 Å². The van der Waals surface area contributed by atoms with E-state index in [0.29, 0.717) is 0 Å². The van der Waals surface area contributed by atoms with Gasteiger partial charge in [0.1, 0.15) is 0 Å². The minimum atomic E-state index is 0. The molecule has 0 fully saturated rings. The predicted octanol–water partition coefficient (Wildman–Crippen LogP) is 0.651. The van der Waals surface area contributed by atoms with Gasteiger partial charge in [-0.3, -0.25) is 0 Å². The molecule has 0 rings (SSSR count). The molecule has 0 aliphatic carbocycles. The summed E-state index contributed by atoms with van der Waals surface area (Å²) in [5.41, 5.74) is 0. The fourth-order valence-corrected chi connectivity index (χ4v) is 0.400. The molecule has 56 valence electrons. The van der Waals surface area contributed by atoms with Gasteiger partial charge in [0.2, 0.25) is 0 Å². The fraction of sp³-hybridized carbons (Fsp3) is 0.800. The second-order valence-corrected chi connectivity index (χ2v) is 2.07. The van der Waals surface area contributed by atoms with E-state index in [4.69, 9.17) is 0 Å². The summed E-state index contributed by atoms with van der Waals surface area (Å²) >= 11 is 0. The molecule has 0 aromatic carbocycles. The Kier molecular flexibility index (Phi) is 5.61. The number of rotatable bonds is 0. The van der Waals surface area contributed by atoms with Crippen molar-refractivity contribution in [2.45, 2.75) is 0 Å². The van der Waals surface area contributed by atoms with Crippen molar-refractivity contribution in [1.82, 2.24) is 9.80 Å². The molecule has 0 aromatic heterocycles. The molecule has 0 saturated carbocycles. The maximum absolute atomic E-state index is 10.7. The van der Waals surface area contributed by atoms with Crippen LogP contribution in [0.5, 0.6) is 0 Å². The highest BCUT2D eigenvalue weighted by molar-refractivity contribution is 5.85. The topological polar surface area (TPSA) is 23.6 Å². The van der Waals surface area contributed by atoms with E-state index in [-0.39, 0.29) is 18.4 Å². The van der Waals surface area contributed by atoms with Gasteiger partial charge in [-0.2, -0.15) is 0 Å². The minimum absolute atomic E-state index is 0. The second-order valence-electron chi connectivity index (χ2n) is 2.07. The van der Waals surface area contributed by atoms with Crippen LogP contribution in [0.2, 0.25) is 0 Å². The Balaban J connectivity index is 0. The van der Waals surface area contributed by atoms with Crippen LogP contribution in [0.3, 0.4) is 0 Å². The molecule has 0 radical (unpaired) electrons. The van der Waals surface area contributed by atoms with Gasteiger partial charge in [-0.15, -0.1) is 12.4 Å². The molecular formula is C5H13ClN2O. The van der Waals surface area contributed by atoms with Gasteiger partial charge in [0.05, 0.1) is 0 Å². The van der Waals surface area contributed by atoms with E-state index < -0.39 is 0 Å². The van der Waals surface area contributed by atoms with E-state index in [1.807, 2.05) is 0 Å². The van der Waals surface area contributed by atoms with E-state index in [1.54, 1.807) is 28.2 Å². The number of nitrogens with zero attached hydrogens (tertiary/aromatic N) is 2. The average molecular weight is 153 g/mol. The van der Waals surface area contributed by atoms with Crippen molar-refractivity contribution in [3.05, 3.63) is 0 Å². The molecule has 0 spiro atoms. The molecule has 0 heterocycles. The largest absolute Gasteiger partial charge is 0.331 e. The van der Waals surface area contributed by atoms with Crippen molar-refractivity contribution in [2.24, 2.45) is 0 Å². The zero-order valence-electron chi connectivity index (χ0n) is 6.21. The molecule has 0 unspecified atom stereocenters. The van der Waals surface area contributed by atoms with Gasteiger partial charge < -0.3 is 9.80 Å². The molecule has 0 aliphatic rings. The summed E-state index contributed by atoms with van der Waals surface area (Å²) in [7, 11) is 6.90. The maximum Gasteiger partial charge on any atom is 0.318 e. The van der Waals surface area contributed by atoms with Crippen LogP contribution in [0.15, 0.2) is 0 Å². The van der Waals surface area contributed by atoms with Crippen molar-refractivity contribution in [2.75, 3.05) is 28.2 Å². The van der Waals surface area contributed by atoms with Gasteiger partial charge in [0.25, 0.3) is 0 Å². The average Bonchev–Trinajstić information content (AvgIpc) is 1.64. The number of carbonyl (C=O) groups is 1. The van der Waals surface area contributed by atoms with Gasteiger partial charge >= 0.3 is 6.03 Å². The van der Waals surface area contributed by atoms with E-state index >= 15 is 0 Å². The van der Waals surface area contributed by atoms with Crippen molar-refractivity contribution < 1.29 is 4.79 Å². The molecular weight excluding hydrogens is 140 g/mol. The Morgan fingerprint density at radius 1 is 1.00 bits per heavy atom. The number of urea groups is 1. The summed E-state index contributed by atoms with van der Waals surface area (Å²) in [6.07, 6.45) is 0. The van der Waals surface area contributed by atoms with Crippen LogP contribution in [0.4, 0.5) is 4.79 Å². The third-order valence-corrected chi connectivity index (χ3v) is 0.765. The van der Waals surface area contributed by atoms with Crippen molar-refractivity contribution in [1.29, 1.82) is 0 Å². The lowest BCUT2D eigenvalue weighted by Gasteiger charge is -2.16. The molecule has 9 heavy (non-hydrogen) atoms. The first kappa shape index (κ1) is 11.4. The second kappa shape index (κ2) is 4.44. The van der Waals surface area contributed by atoms with Crippen molar-refractivity contribution in [3.63, 3.8) is 0 Å². The Hall–Kier alpha value is -0.440. The summed E-state index contributed by atoms with van der Waals surface area (Å²) in [5, 5.41) is 0. The maximum atomic E-state index is 10.7. The lowest BCUT2D eigenvalue weighted by Crippen LogP contribution is -2.33. The first-order valence-electron chi connectivity index (χ1n) is 2.44. The van der Waals surface area contributed by atoms with Crippen LogP contribution in [0, 0.1) is 0 Å². The first-order chi connectivity index (χ1) is 3.55. The summed E-state index contributed by atoms with van der Waals surface area (Å²) in [5.74, 6) is 0. The van der Waals surface area contributed by atoms with Crippen LogP contribution in [0.25, 0.3) is 0 Å². The summed E-state index contributed by atoms with van der Waals surface area (Å²) < 4.78 is 0. The Bertz CT molecular complexity index is 83.0. The van der Waals surface area contributed by atoms with E-state index in [2.05, 4.69) is 0 Å². The van der Waals surface area contributed by atoms with E-state index in [0.717, 1.165) is 0 Å². The first-order valence-corrected chi connectivity index (χ1v) is 2.44. The third-order valence-electron chi connectivity index (χ3n) is 0.765. The summed E-state index contributed by atoms with van der Waals surface area (Å²) in [6, 6.07) is 0.0185. The van der Waals surface area contributed by atoms with Crippen LogP contribution < -0.4 is 0 Å². The zero-order chi connectivity index (χ0) is 6.73. The molecule has 0 saturated heterocycles. The zero-order valence-corrected chi connectivity index (χ0v) is 7.03. The molecule has 0 N–H and O–H groups in total. The number of carbonyl (C=O) groups excluding carboxylic acids is 1. The lowest BCUT2D eigenvalue weighted by atomic mass is 10.7. The van der Waals surface area contributed by atoms with Gasteiger partial charge in [-0.05, 0) is 0 Å². The smallest absolute Gasteiger partial charge is 0.318 e. The van der Waals surface area contributed by atoms with Gasteiger partial charge in [0.15, 0.2) is 0 Å². The molecule has 4 heteroatoms. The molecule has 0 aliphatic heterocycles. The SMILES string of the molecule is CN(C)C(=O)N(C)C.Cl. The molecule has 0 bridgehead atoms. The van der Waals surface area contributed by atoms with Crippen LogP contribution in [-0.2, 0) is 0 Å². The van der Waals surface area contributed by atoms with Gasteiger partial charge in [-0.1, -0.05) is 0 Å². The standard InChI is InChI=1S/C5H12N2O.ClH/c1-6(2)5(8)7(3)4;/h1-4H3;1H. The Morgan fingerprint density at radius 3 is 1.22 bits per heavy atom. The highest BCUT2D eigenvalue weighted by Gasteiger charge is 2.02. The van der Waals surface area contributed by atoms with Crippen LogP contribution in [-0.4, -0.2) is 44.0 Å². The highest BCUT2D eigenvalue weighted by Crippen LogP contribution is 1.83. The summed E-state index contributed by atoms with van der Waals surface area (Å²) in [4.78, 5) is 13.8. The Labute approximate surface area is 62.0 Å². The van der Waals surface area contributed by atoms with Crippen LogP contribution >= 0.6 is 12.4 Å². The monoisotopic (exact) mass is 152 g/mol. The third kappa shape index (κ3) is 4.09. The summed E-state index contributed by atoms with van der Waals surface area (Å²) in [6.45, 7) is 0.